The van der Waals surface area contributed by atoms with Gasteiger partial charge in [-0.2, -0.15) is 0 Å². The SMILES string of the molecule is NC(=O)c1ccccc1N=C1NC(=O)/C(=C\c2ccc(-c3ccc(Br)cc3)o2)S1. The average Bonchev–Trinajstić information content (AvgIpc) is 3.30. The Kier molecular flexibility index (Phi) is 5.37. The number of nitrogens with one attached hydrogen (secondary N) is 1. The van der Waals surface area contributed by atoms with Crippen LogP contribution in [0, 0.1) is 0 Å². The van der Waals surface area contributed by atoms with Crippen molar-refractivity contribution in [3.05, 3.63) is 81.4 Å². The largest absolute Gasteiger partial charge is 0.457 e. The summed E-state index contributed by atoms with van der Waals surface area (Å²) in [6, 6.07) is 18.1. The zero-order valence-electron chi connectivity index (χ0n) is 14.9. The Bertz CT molecular complexity index is 1170. The van der Waals surface area contributed by atoms with E-state index in [1.807, 2.05) is 30.3 Å². The van der Waals surface area contributed by atoms with Crippen molar-refractivity contribution in [2.75, 3.05) is 0 Å². The first-order valence-electron chi connectivity index (χ1n) is 8.54. The van der Waals surface area contributed by atoms with Crippen LogP contribution in [0.5, 0.6) is 0 Å². The van der Waals surface area contributed by atoms with Crippen LogP contribution in [0.2, 0.25) is 0 Å². The maximum absolute atomic E-state index is 12.3. The quantitative estimate of drug-likeness (QED) is 0.543. The van der Waals surface area contributed by atoms with E-state index < -0.39 is 5.91 Å². The van der Waals surface area contributed by atoms with Gasteiger partial charge in [-0.3, -0.25) is 9.59 Å². The number of amides is 2. The summed E-state index contributed by atoms with van der Waals surface area (Å²) in [7, 11) is 0. The third-order valence-corrected chi connectivity index (χ3v) is 5.51. The number of furan rings is 1. The number of para-hydroxylation sites is 1. The van der Waals surface area contributed by atoms with Crippen LogP contribution in [0.4, 0.5) is 5.69 Å². The molecular weight excluding hydrogens is 454 g/mol. The summed E-state index contributed by atoms with van der Waals surface area (Å²) >= 11 is 4.57. The molecule has 6 nitrogen and oxygen atoms in total. The maximum atomic E-state index is 12.3. The lowest BCUT2D eigenvalue weighted by Crippen LogP contribution is -2.19. The molecule has 3 aromatic rings. The second-order valence-corrected chi connectivity index (χ2v) is 8.02. The number of thioether (sulfide) groups is 1. The number of benzene rings is 2. The molecule has 0 spiro atoms. The minimum absolute atomic E-state index is 0.285. The lowest BCUT2D eigenvalue weighted by Gasteiger charge is -2.01. The van der Waals surface area contributed by atoms with Crippen molar-refractivity contribution < 1.29 is 14.0 Å². The zero-order chi connectivity index (χ0) is 20.4. The van der Waals surface area contributed by atoms with Crippen LogP contribution < -0.4 is 11.1 Å². The highest BCUT2D eigenvalue weighted by molar-refractivity contribution is 9.10. The number of aliphatic imine (C=N–C) groups is 1. The summed E-state index contributed by atoms with van der Waals surface area (Å²) in [4.78, 5) is 28.6. The van der Waals surface area contributed by atoms with E-state index in [4.69, 9.17) is 10.2 Å². The number of amidine groups is 1. The molecule has 2 heterocycles. The number of nitrogens with two attached hydrogens (primary N) is 1. The molecular formula is C21H14BrN3O3S. The van der Waals surface area contributed by atoms with Gasteiger partial charge in [-0.1, -0.05) is 40.2 Å². The van der Waals surface area contributed by atoms with Crippen molar-refractivity contribution in [3.8, 4) is 11.3 Å². The first-order valence-corrected chi connectivity index (χ1v) is 10.1. The first-order chi connectivity index (χ1) is 14.0. The molecule has 29 heavy (non-hydrogen) atoms. The summed E-state index contributed by atoms with van der Waals surface area (Å²) in [6.45, 7) is 0. The third kappa shape index (κ3) is 4.33. The van der Waals surface area contributed by atoms with Crippen molar-refractivity contribution in [2.45, 2.75) is 0 Å². The van der Waals surface area contributed by atoms with Crippen molar-refractivity contribution in [2.24, 2.45) is 10.7 Å². The standard InChI is InChI=1S/C21H14BrN3O3S/c22-13-7-5-12(6-8-13)17-10-9-14(28-17)11-18-20(27)25-21(29-18)24-16-4-2-1-3-15(16)19(23)26/h1-11H,(H2,23,26)(H,24,25,27)/b18-11+. The van der Waals surface area contributed by atoms with Crippen LogP contribution in [-0.2, 0) is 4.79 Å². The number of carbonyl (C=O) groups excluding carboxylic acids is 2. The van der Waals surface area contributed by atoms with Crippen LogP contribution in [0.1, 0.15) is 16.1 Å². The average molecular weight is 468 g/mol. The van der Waals surface area contributed by atoms with Gasteiger partial charge in [-0.25, -0.2) is 4.99 Å². The molecule has 1 fully saturated rings. The monoisotopic (exact) mass is 467 g/mol. The van der Waals surface area contributed by atoms with E-state index in [1.54, 1.807) is 36.4 Å². The molecule has 2 aromatic carbocycles. The molecule has 1 aliphatic heterocycles. The van der Waals surface area contributed by atoms with Gasteiger partial charge in [-0.05, 0) is 48.2 Å². The Morgan fingerprint density at radius 2 is 1.86 bits per heavy atom. The Morgan fingerprint density at radius 3 is 2.62 bits per heavy atom. The van der Waals surface area contributed by atoms with E-state index in [-0.39, 0.29) is 11.5 Å². The second kappa shape index (κ2) is 8.10. The molecule has 0 unspecified atom stereocenters. The minimum Gasteiger partial charge on any atom is -0.457 e. The Hall–Kier alpha value is -3.10. The molecule has 2 amide bonds. The normalized spacial score (nSPS) is 16.4. The van der Waals surface area contributed by atoms with Gasteiger partial charge in [0, 0.05) is 16.1 Å². The fourth-order valence-corrected chi connectivity index (χ4v) is 3.78. The summed E-state index contributed by atoms with van der Waals surface area (Å²) in [6.07, 6.45) is 1.66. The zero-order valence-corrected chi connectivity index (χ0v) is 17.3. The van der Waals surface area contributed by atoms with E-state index in [2.05, 4.69) is 26.2 Å². The third-order valence-electron chi connectivity index (χ3n) is 4.07. The fourth-order valence-electron chi connectivity index (χ4n) is 2.70. The Morgan fingerprint density at radius 1 is 1.10 bits per heavy atom. The van der Waals surface area contributed by atoms with Gasteiger partial charge in [0.15, 0.2) is 5.17 Å². The molecule has 0 atom stereocenters. The van der Waals surface area contributed by atoms with E-state index in [1.165, 1.54) is 11.8 Å². The van der Waals surface area contributed by atoms with Gasteiger partial charge < -0.3 is 15.5 Å². The maximum Gasteiger partial charge on any atom is 0.264 e. The second-order valence-electron chi connectivity index (χ2n) is 6.07. The fraction of sp³-hybridized carbons (Fsp3) is 0. The highest BCUT2D eigenvalue weighted by Crippen LogP contribution is 2.31. The van der Waals surface area contributed by atoms with Gasteiger partial charge >= 0.3 is 0 Å². The number of primary amides is 1. The van der Waals surface area contributed by atoms with Crippen molar-refractivity contribution in [1.82, 2.24) is 5.32 Å². The number of hydrogen-bond donors (Lipinski definition) is 2. The van der Waals surface area contributed by atoms with Crippen LogP contribution in [-0.4, -0.2) is 17.0 Å². The molecule has 1 aromatic heterocycles. The molecule has 3 N–H and O–H groups in total. The molecule has 1 aliphatic rings. The molecule has 4 rings (SSSR count). The van der Waals surface area contributed by atoms with Crippen LogP contribution in [0.3, 0.4) is 0 Å². The van der Waals surface area contributed by atoms with Crippen molar-refractivity contribution >= 4 is 56.4 Å². The smallest absolute Gasteiger partial charge is 0.264 e. The first kappa shape index (κ1) is 19.2. The molecule has 0 aliphatic carbocycles. The number of hydrogen-bond acceptors (Lipinski definition) is 5. The lowest BCUT2D eigenvalue weighted by atomic mass is 10.2. The number of halogens is 1. The molecule has 8 heteroatoms. The lowest BCUT2D eigenvalue weighted by molar-refractivity contribution is -0.115. The summed E-state index contributed by atoms with van der Waals surface area (Å²) in [5.74, 6) is 0.398. The Labute approximate surface area is 179 Å². The molecule has 0 bridgehead atoms. The minimum atomic E-state index is -0.578. The predicted molar refractivity (Wildman–Crippen MR) is 118 cm³/mol. The van der Waals surface area contributed by atoms with Crippen LogP contribution in [0.25, 0.3) is 17.4 Å². The van der Waals surface area contributed by atoms with E-state index >= 15 is 0 Å². The molecule has 144 valence electrons. The van der Waals surface area contributed by atoms with E-state index in [0.717, 1.165) is 10.0 Å². The predicted octanol–water partition coefficient (Wildman–Crippen LogP) is 4.70. The molecule has 0 saturated carbocycles. The van der Waals surface area contributed by atoms with E-state index in [0.29, 0.717) is 27.3 Å². The van der Waals surface area contributed by atoms with Crippen molar-refractivity contribution in [1.29, 1.82) is 0 Å². The van der Waals surface area contributed by atoms with Gasteiger partial charge in [0.25, 0.3) is 11.8 Å². The van der Waals surface area contributed by atoms with Crippen LogP contribution in [0.15, 0.2) is 79.5 Å². The van der Waals surface area contributed by atoms with Gasteiger partial charge in [0.1, 0.15) is 11.5 Å². The Balaban J connectivity index is 1.57. The van der Waals surface area contributed by atoms with Gasteiger partial charge in [0.05, 0.1) is 16.2 Å². The van der Waals surface area contributed by atoms with E-state index in [9.17, 15) is 9.59 Å². The summed E-state index contributed by atoms with van der Waals surface area (Å²) in [5, 5.41) is 3.06. The number of nitrogens with zero attached hydrogens (tertiary/aromatic N) is 1. The summed E-state index contributed by atoms with van der Waals surface area (Å²) in [5.41, 5.74) is 7.00. The number of carbonyl (C=O) groups is 2. The summed E-state index contributed by atoms with van der Waals surface area (Å²) < 4.78 is 6.82. The topological polar surface area (TPSA) is 97.7 Å². The van der Waals surface area contributed by atoms with Gasteiger partial charge in [-0.15, -0.1) is 0 Å². The van der Waals surface area contributed by atoms with Crippen LogP contribution >= 0.6 is 27.7 Å². The number of rotatable bonds is 4. The van der Waals surface area contributed by atoms with Crippen molar-refractivity contribution in [3.63, 3.8) is 0 Å². The molecule has 0 radical (unpaired) electrons. The van der Waals surface area contributed by atoms with Gasteiger partial charge in [0.2, 0.25) is 0 Å². The highest BCUT2D eigenvalue weighted by Gasteiger charge is 2.25. The molecule has 1 saturated heterocycles. The highest BCUT2D eigenvalue weighted by atomic mass is 79.9.